The summed E-state index contributed by atoms with van der Waals surface area (Å²) in [6.07, 6.45) is 2.83. The maximum atomic E-state index is 13.9. The Labute approximate surface area is 192 Å². The number of fused-ring (bicyclic) bond motifs is 1. The Bertz CT molecular complexity index is 1270. The van der Waals surface area contributed by atoms with Crippen LogP contribution in [0, 0.1) is 19.7 Å². The van der Waals surface area contributed by atoms with E-state index in [1.807, 2.05) is 18.4 Å². The maximum absolute atomic E-state index is 13.9. The van der Waals surface area contributed by atoms with Gasteiger partial charge in [0.25, 0.3) is 0 Å². The number of nitrogens with zero attached hydrogens (tertiary/aromatic N) is 7. The van der Waals surface area contributed by atoms with Crippen molar-refractivity contribution in [2.24, 2.45) is 0 Å². The number of hydrogen-bond acceptors (Lipinski definition) is 6. The second-order valence-corrected chi connectivity index (χ2v) is 8.84. The van der Waals surface area contributed by atoms with Crippen molar-refractivity contribution >= 4 is 11.2 Å². The van der Waals surface area contributed by atoms with Gasteiger partial charge in [0.2, 0.25) is 0 Å². The second kappa shape index (κ2) is 8.96. The molecule has 33 heavy (non-hydrogen) atoms. The zero-order chi connectivity index (χ0) is 22.9. The van der Waals surface area contributed by atoms with Crippen molar-refractivity contribution in [3.05, 3.63) is 71.2 Å². The van der Waals surface area contributed by atoms with Crippen LogP contribution < -0.4 is 0 Å². The van der Waals surface area contributed by atoms with E-state index < -0.39 is 5.82 Å². The minimum Gasteiger partial charge on any atom is -0.304 e. The van der Waals surface area contributed by atoms with Crippen LogP contribution in [0.25, 0.3) is 22.6 Å². The molecular formula is C25H28FN7. The minimum absolute atomic E-state index is 0.390. The number of pyridine rings is 1. The highest BCUT2D eigenvalue weighted by Crippen LogP contribution is 2.26. The van der Waals surface area contributed by atoms with E-state index in [4.69, 9.17) is 4.98 Å². The van der Waals surface area contributed by atoms with Crippen molar-refractivity contribution in [3.8, 4) is 11.4 Å². The number of rotatable bonds is 5. The lowest BCUT2D eigenvalue weighted by Crippen LogP contribution is -2.43. The SMILES string of the molecule is Cc1nc(C)c2nc(-c3cncc(F)c3)n(Cc3ccc(CN4CCN(C)CC4)cc3)c2n1. The van der Waals surface area contributed by atoms with Gasteiger partial charge in [-0.2, -0.15) is 0 Å². The minimum atomic E-state index is -0.390. The van der Waals surface area contributed by atoms with Crippen molar-refractivity contribution < 1.29 is 4.39 Å². The van der Waals surface area contributed by atoms with Gasteiger partial charge in [0.15, 0.2) is 5.65 Å². The molecule has 170 valence electrons. The standard InChI is InChI=1S/C25H28FN7/c1-17-23-25(29-18(2)28-17)33(24(30-23)21-12-22(26)14-27-13-21)16-20-6-4-19(5-7-20)15-32-10-8-31(3)9-11-32/h4-7,12-14H,8-11,15-16H2,1-3H3. The molecule has 0 unspecified atom stereocenters. The molecule has 0 spiro atoms. The highest BCUT2D eigenvalue weighted by atomic mass is 19.1. The summed E-state index contributed by atoms with van der Waals surface area (Å²) >= 11 is 0. The van der Waals surface area contributed by atoms with Gasteiger partial charge in [0, 0.05) is 44.5 Å². The Morgan fingerprint density at radius 1 is 0.879 bits per heavy atom. The molecule has 0 atom stereocenters. The lowest BCUT2D eigenvalue weighted by molar-refractivity contribution is 0.148. The van der Waals surface area contributed by atoms with E-state index >= 15 is 0 Å². The summed E-state index contributed by atoms with van der Waals surface area (Å²) in [4.78, 5) is 22.8. The van der Waals surface area contributed by atoms with E-state index in [9.17, 15) is 4.39 Å². The average Bonchev–Trinajstić information content (AvgIpc) is 3.15. The van der Waals surface area contributed by atoms with Gasteiger partial charge in [-0.25, -0.2) is 19.3 Å². The van der Waals surface area contributed by atoms with E-state index in [1.54, 1.807) is 6.20 Å². The molecule has 0 amide bonds. The summed E-state index contributed by atoms with van der Waals surface area (Å²) in [5.74, 6) is 0.937. The molecule has 1 fully saturated rings. The topological polar surface area (TPSA) is 63.0 Å². The van der Waals surface area contributed by atoms with Crippen LogP contribution in [-0.2, 0) is 13.1 Å². The molecule has 5 rings (SSSR count). The summed E-state index contributed by atoms with van der Waals surface area (Å²) in [5, 5.41) is 0. The first-order valence-corrected chi connectivity index (χ1v) is 11.3. The van der Waals surface area contributed by atoms with Crippen molar-refractivity contribution in [1.29, 1.82) is 0 Å². The largest absolute Gasteiger partial charge is 0.304 e. The number of hydrogen-bond donors (Lipinski definition) is 0. The van der Waals surface area contributed by atoms with Gasteiger partial charge in [0.05, 0.1) is 18.4 Å². The van der Waals surface area contributed by atoms with Crippen molar-refractivity contribution in [1.82, 2.24) is 34.3 Å². The summed E-state index contributed by atoms with van der Waals surface area (Å²) in [6, 6.07) is 10.2. The third kappa shape index (κ3) is 4.62. The Morgan fingerprint density at radius 3 is 2.27 bits per heavy atom. The molecule has 4 aromatic rings. The number of aromatic nitrogens is 5. The zero-order valence-corrected chi connectivity index (χ0v) is 19.3. The molecule has 7 nitrogen and oxygen atoms in total. The molecule has 4 heterocycles. The van der Waals surface area contributed by atoms with E-state index in [1.165, 1.54) is 17.8 Å². The molecule has 0 N–H and O–H groups in total. The second-order valence-electron chi connectivity index (χ2n) is 8.84. The first-order chi connectivity index (χ1) is 16.0. The summed E-state index contributed by atoms with van der Waals surface area (Å²) < 4.78 is 16.0. The number of aryl methyl sites for hydroxylation is 2. The van der Waals surface area contributed by atoms with E-state index in [2.05, 4.69) is 56.1 Å². The number of imidazole rings is 1. The molecule has 3 aromatic heterocycles. The van der Waals surface area contributed by atoms with E-state index in [0.717, 1.165) is 55.1 Å². The molecule has 0 saturated carbocycles. The number of piperazine rings is 1. The maximum Gasteiger partial charge on any atom is 0.164 e. The molecule has 0 bridgehead atoms. The first kappa shape index (κ1) is 21.6. The van der Waals surface area contributed by atoms with Crippen LogP contribution in [0.3, 0.4) is 0 Å². The van der Waals surface area contributed by atoms with Gasteiger partial charge in [-0.3, -0.25) is 9.88 Å². The molecule has 1 saturated heterocycles. The Morgan fingerprint density at radius 2 is 1.58 bits per heavy atom. The molecule has 8 heteroatoms. The fourth-order valence-electron chi connectivity index (χ4n) is 4.38. The van der Waals surface area contributed by atoms with Crippen LogP contribution >= 0.6 is 0 Å². The molecule has 1 aromatic carbocycles. The van der Waals surface area contributed by atoms with Gasteiger partial charge in [-0.05, 0) is 38.1 Å². The van der Waals surface area contributed by atoms with Crippen molar-refractivity contribution in [2.75, 3.05) is 33.2 Å². The van der Waals surface area contributed by atoms with Gasteiger partial charge in [-0.1, -0.05) is 24.3 Å². The molecule has 1 aliphatic heterocycles. The highest BCUT2D eigenvalue weighted by Gasteiger charge is 2.18. The Balaban J connectivity index is 1.46. The van der Waals surface area contributed by atoms with Gasteiger partial charge >= 0.3 is 0 Å². The molecule has 0 radical (unpaired) electrons. The summed E-state index contributed by atoms with van der Waals surface area (Å²) in [7, 11) is 2.17. The van der Waals surface area contributed by atoms with E-state index in [0.29, 0.717) is 23.8 Å². The predicted molar refractivity (Wildman–Crippen MR) is 126 cm³/mol. The highest BCUT2D eigenvalue weighted by molar-refractivity contribution is 5.79. The number of likely N-dealkylation sites (N-methyl/N-ethyl adjacent to an activating group) is 1. The van der Waals surface area contributed by atoms with Crippen LogP contribution in [-0.4, -0.2) is 67.5 Å². The molecule has 1 aliphatic rings. The van der Waals surface area contributed by atoms with Crippen LogP contribution in [0.15, 0.2) is 42.7 Å². The lowest BCUT2D eigenvalue weighted by atomic mass is 10.1. The lowest BCUT2D eigenvalue weighted by Gasteiger charge is -2.32. The van der Waals surface area contributed by atoms with Crippen LogP contribution in [0.5, 0.6) is 0 Å². The third-order valence-corrected chi connectivity index (χ3v) is 6.21. The predicted octanol–water partition coefficient (Wildman–Crippen LogP) is 3.44. The van der Waals surface area contributed by atoms with Crippen LogP contribution in [0.4, 0.5) is 4.39 Å². The smallest absolute Gasteiger partial charge is 0.164 e. The summed E-state index contributed by atoms with van der Waals surface area (Å²) in [5.41, 5.74) is 5.35. The average molecular weight is 446 g/mol. The van der Waals surface area contributed by atoms with Gasteiger partial charge in [-0.15, -0.1) is 0 Å². The Hall–Kier alpha value is -3.23. The van der Waals surface area contributed by atoms with Crippen molar-refractivity contribution in [2.45, 2.75) is 26.9 Å². The monoisotopic (exact) mass is 445 g/mol. The normalized spacial score (nSPS) is 15.4. The van der Waals surface area contributed by atoms with Crippen LogP contribution in [0.2, 0.25) is 0 Å². The zero-order valence-electron chi connectivity index (χ0n) is 19.3. The van der Waals surface area contributed by atoms with E-state index in [-0.39, 0.29) is 0 Å². The van der Waals surface area contributed by atoms with Crippen LogP contribution in [0.1, 0.15) is 22.6 Å². The van der Waals surface area contributed by atoms with Gasteiger partial charge in [0.1, 0.15) is 23.0 Å². The fourth-order valence-corrected chi connectivity index (χ4v) is 4.38. The van der Waals surface area contributed by atoms with Gasteiger partial charge < -0.3 is 9.47 Å². The third-order valence-electron chi connectivity index (χ3n) is 6.21. The summed E-state index contributed by atoms with van der Waals surface area (Å²) in [6.45, 7) is 9.77. The quantitative estimate of drug-likeness (QED) is 0.469. The molecular weight excluding hydrogens is 417 g/mol. The molecule has 0 aliphatic carbocycles. The fraction of sp³-hybridized carbons (Fsp3) is 0.360. The Kier molecular flexibility index (Phi) is 5.86. The number of benzene rings is 1. The van der Waals surface area contributed by atoms with Crippen molar-refractivity contribution in [3.63, 3.8) is 0 Å². The first-order valence-electron chi connectivity index (χ1n) is 11.3. The number of halogens is 1.